The first-order valence-corrected chi connectivity index (χ1v) is 5.96. The number of rotatable bonds is 5. The number of aromatic nitrogens is 3. The van der Waals surface area contributed by atoms with Crippen molar-refractivity contribution < 1.29 is 0 Å². The smallest absolute Gasteiger partial charge is 0.0919 e. The van der Waals surface area contributed by atoms with Crippen molar-refractivity contribution in [2.45, 2.75) is 25.9 Å². The molecule has 0 spiro atoms. The van der Waals surface area contributed by atoms with Crippen LogP contribution in [0.25, 0.3) is 0 Å². The monoisotopic (exact) mass is 230 g/mol. The molecule has 1 N–H and O–H groups in total. The highest BCUT2D eigenvalue weighted by atomic mass is 15.3. The summed E-state index contributed by atoms with van der Waals surface area (Å²) in [4.78, 5) is 4.40. The molecule has 1 atom stereocenters. The SMILES string of the molecule is CCCn1nccc1C(NC)c1ccccn1. The number of pyridine rings is 1. The minimum atomic E-state index is 0.102. The third-order valence-corrected chi connectivity index (χ3v) is 2.75. The standard InChI is InChI=1S/C13H18N4/c1-3-10-17-12(7-9-16-17)13(14-2)11-6-4-5-8-15-11/h4-9,13-14H,3,10H2,1-2H3. The fraction of sp³-hybridized carbons (Fsp3) is 0.385. The van der Waals surface area contributed by atoms with Crippen molar-refractivity contribution >= 4 is 0 Å². The molecule has 2 heterocycles. The average molecular weight is 230 g/mol. The zero-order chi connectivity index (χ0) is 12.1. The highest BCUT2D eigenvalue weighted by Gasteiger charge is 2.16. The number of nitrogens with zero attached hydrogens (tertiary/aromatic N) is 3. The molecule has 0 saturated carbocycles. The van der Waals surface area contributed by atoms with Gasteiger partial charge in [0.25, 0.3) is 0 Å². The third kappa shape index (κ3) is 2.53. The lowest BCUT2D eigenvalue weighted by atomic mass is 10.1. The van der Waals surface area contributed by atoms with E-state index >= 15 is 0 Å². The van der Waals surface area contributed by atoms with Crippen LogP contribution in [0.1, 0.15) is 30.8 Å². The number of hydrogen-bond donors (Lipinski definition) is 1. The Morgan fingerprint density at radius 3 is 2.82 bits per heavy atom. The van der Waals surface area contributed by atoms with Crippen LogP contribution < -0.4 is 5.32 Å². The van der Waals surface area contributed by atoms with Crippen molar-refractivity contribution in [3.63, 3.8) is 0 Å². The molecule has 0 aliphatic carbocycles. The summed E-state index contributed by atoms with van der Waals surface area (Å²) in [6.45, 7) is 3.09. The van der Waals surface area contributed by atoms with E-state index in [1.54, 1.807) is 0 Å². The zero-order valence-electron chi connectivity index (χ0n) is 10.3. The largest absolute Gasteiger partial charge is 0.307 e. The maximum atomic E-state index is 4.40. The van der Waals surface area contributed by atoms with Crippen LogP contribution in [-0.2, 0) is 6.54 Å². The second-order valence-corrected chi connectivity index (χ2v) is 3.96. The van der Waals surface area contributed by atoms with Gasteiger partial charge >= 0.3 is 0 Å². The summed E-state index contributed by atoms with van der Waals surface area (Å²) in [7, 11) is 1.95. The van der Waals surface area contributed by atoms with Crippen LogP contribution in [0.15, 0.2) is 36.7 Å². The Morgan fingerprint density at radius 2 is 2.18 bits per heavy atom. The van der Waals surface area contributed by atoms with Gasteiger partial charge in [0, 0.05) is 18.9 Å². The summed E-state index contributed by atoms with van der Waals surface area (Å²) in [6.07, 6.45) is 4.74. The fourth-order valence-electron chi connectivity index (χ4n) is 1.98. The van der Waals surface area contributed by atoms with Crippen LogP contribution in [0.4, 0.5) is 0 Å². The molecule has 0 bridgehead atoms. The number of aryl methyl sites for hydroxylation is 1. The van der Waals surface area contributed by atoms with E-state index < -0.39 is 0 Å². The Balaban J connectivity index is 2.32. The molecular weight excluding hydrogens is 212 g/mol. The molecule has 4 heteroatoms. The molecule has 0 amide bonds. The number of nitrogens with one attached hydrogen (secondary N) is 1. The van der Waals surface area contributed by atoms with Crippen LogP contribution in [0.2, 0.25) is 0 Å². The van der Waals surface area contributed by atoms with Crippen LogP contribution in [-0.4, -0.2) is 21.8 Å². The Labute approximate surface area is 102 Å². The summed E-state index contributed by atoms with van der Waals surface area (Å²) >= 11 is 0. The van der Waals surface area contributed by atoms with E-state index in [9.17, 15) is 0 Å². The normalized spacial score (nSPS) is 12.6. The molecule has 1 unspecified atom stereocenters. The minimum Gasteiger partial charge on any atom is -0.307 e. The van der Waals surface area contributed by atoms with Gasteiger partial charge in [-0.2, -0.15) is 5.10 Å². The lowest BCUT2D eigenvalue weighted by Gasteiger charge is -2.17. The van der Waals surface area contributed by atoms with E-state index in [2.05, 4.69) is 22.3 Å². The third-order valence-electron chi connectivity index (χ3n) is 2.75. The maximum absolute atomic E-state index is 4.40. The Hall–Kier alpha value is -1.68. The molecule has 0 aliphatic rings. The molecule has 0 fully saturated rings. The molecule has 2 rings (SSSR count). The molecule has 0 aromatic carbocycles. The predicted octanol–water partition coefficient (Wildman–Crippen LogP) is 2.00. The summed E-state index contributed by atoms with van der Waals surface area (Å²) < 4.78 is 2.04. The minimum absolute atomic E-state index is 0.102. The lowest BCUT2D eigenvalue weighted by Crippen LogP contribution is -2.22. The van der Waals surface area contributed by atoms with Gasteiger partial charge in [-0.15, -0.1) is 0 Å². The average Bonchev–Trinajstić information content (AvgIpc) is 2.81. The molecular formula is C13H18N4. The Morgan fingerprint density at radius 1 is 1.29 bits per heavy atom. The molecule has 2 aromatic heterocycles. The first kappa shape index (κ1) is 11.8. The van der Waals surface area contributed by atoms with Crippen LogP contribution in [0.3, 0.4) is 0 Å². The first-order chi connectivity index (χ1) is 8.36. The van der Waals surface area contributed by atoms with Gasteiger partial charge in [-0.05, 0) is 31.7 Å². The van der Waals surface area contributed by atoms with Gasteiger partial charge in [0.1, 0.15) is 0 Å². The molecule has 2 aromatic rings. The molecule has 0 aliphatic heterocycles. The molecule has 0 radical (unpaired) electrons. The van der Waals surface area contributed by atoms with Crippen LogP contribution in [0, 0.1) is 0 Å². The van der Waals surface area contributed by atoms with E-state index in [1.807, 2.05) is 48.4 Å². The lowest BCUT2D eigenvalue weighted by molar-refractivity contribution is 0.529. The molecule has 17 heavy (non-hydrogen) atoms. The zero-order valence-corrected chi connectivity index (χ0v) is 10.3. The molecule has 0 saturated heterocycles. The second kappa shape index (κ2) is 5.59. The van der Waals surface area contributed by atoms with E-state index in [1.165, 1.54) is 0 Å². The number of hydrogen-bond acceptors (Lipinski definition) is 3. The van der Waals surface area contributed by atoms with Crippen LogP contribution >= 0.6 is 0 Å². The maximum Gasteiger partial charge on any atom is 0.0919 e. The Kier molecular flexibility index (Phi) is 3.88. The van der Waals surface area contributed by atoms with Crippen molar-refractivity contribution in [1.82, 2.24) is 20.1 Å². The van der Waals surface area contributed by atoms with Crippen molar-refractivity contribution in [1.29, 1.82) is 0 Å². The fourth-order valence-corrected chi connectivity index (χ4v) is 1.98. The quantitative estimate of drug-likeness (QED) is 0.854. The highest BCUT2D eigenvalue weighted by molar-refractivity contribution is 5.21. The summed E-state index contributed by atoms with van der Waals surface area (Å²) in [5.74, 6) is 0. The predicted molar refractivity (Wildman–Crippen MR) is 67.7 cm³/mol. The van der Waals surface area contributed by atoms with Crippen molar-refractivity contribution in [3.8, 4) is 0 Å². The van der Waals surface area contributed by atoms with Gasteiger partial charge in [-0.3, -0.25) is 9.67 Å². The summed E-state index contributed by atoms with van der Waals surface area (Å²) in [5.41, 5.74) is 2.18. The topological polar surface area (TPSA) is 42.7 Å². The van der Waals surface area contributed by atoms with Crippen molar-refractivity contribution in [2.24, 2.45) is 0 Å². The van der Waals surface area contributed by atoms with E-state index in [-0.39, 0.29) is 6.04 Å². The van der Waals surface area contributed by atoms with Crippen molar-refractivity contribution in [3.05, 3.63) is 48.0 Å². The van der Waals surface area contributed by atoms with Gasteiger partial charge in [-0.25, -0.2) is 0 Å². The van der Waals surface area contributed by atoms with Crippen molar-refractivity contribution in [2.75, 3.05) is 7.05 Å². The van der Waals surface area contributed by atoms with E-state index in [0.29, 0.717) is 0 Å². The van der Waals surface area contributed by atoms with Gasteiger partial charge < -0.3 is 5.32 Å². The van der Waals surface area contributed by atoms with Gasteiger partial charge in [0.2, 0.25) is 0 Å². The second-order valence-electron chi connectivity index (χ2n) is 3.96. The Bertz CT molecular complexity index is 449. The highest BCUT2D eigenvalue weighted by Crippen LogP contribution is 2.19. The summed E-state index contributed by atoms with van der Waals surface area (Å²) in [5, 5.41) is 7.65. The summed E-state index contributed by atoms with van der Waals surface area (Å²) in [6, 6.07) is 8.12. The molecule has 4 nitrogen and oxygen atoms in total. The van der Waals surface area contributed by atoms with E-state index in [0.717, 1.165) is 24.4 Å². The van der Waals surface area contributed by atoms with Gasteiger partial charge in [0.15, 0.2) is 0 Å². The van der Waals surface area contributed by atoms with Crippen LogP contribution in [0.5, 0.6) is 0 Å². The first-order valence-electron chi connectivity index (χ1n) is 5.96. The molecule has 90 valence electrons. The van der Waals surface area contributed by atoms with Gasteiger partial charge in [-0.1, -0.05) is 13.0 Å². The van der Waals surface area contributed by atoms with E-state index in [4.69, 9.17) is 0 Å². The van der Waals surface area contributed by atoms with Gasteiger partial charge in [0.05, 0.1) is 17.4 Å².